The molecule has 3 nitrogen and oxygen atoms in total. The lowest BCUT2D eigenvalue weighted by Gasteiger charge is -2.08. The van der Waals surface area contributed by atoms with Gasteiger partial charge in [0.25, 0.3) is 0 Å². The van der Waals surface area contributed by atoms with E-state index in [9.17, 15) is 0 Å². The van der Waals surface area contributed by atoms with E-state index in [1.54, 1.807) is 17.5 Å². The predicted molar refractivity (Wildman–Crippen MR) is 76.2 cm³/mol. The molecule has 18 heavy (non-hydrogen) atoms. The van der Waals surface area contributed by atoms with E-state index in [4.69, 9.17) is 11.6 Å². The highest BCUT2D eigenvalue weighted by atomic mass is 35.5. The molecule has 0 aliphatic heterocycles. The zero-order valence-electron chi connectivity index (χ0n) is 9.43. The van der Waals surface area contributed by atoms with E-state index in [0.29, 0.717) is 0 Å². The zero-order valence-corrected chi connectivity index (χ0v) is 11.0. The van der Waals surface area contributed by atoms with Crippen LogP contribution in [-0.4, -0.2) is 9.97 Å². The lowest BCUT2D eigenvalue weighted by atomic mass is 10.2. The average molecular weight is 276 g/mol. The molecule has 0 saturated heterocycles. The Morgan fingerprint density at radius 2 is 2.22 bits per heavy atom. The molecule has 5 heteroatoms. The summed E-state index contributed by atoms with van der Waals surface area (Å²) in [5, 5.41) is 5.06. The van der Waals surface area contributed by atoms with Crippen molar-refractivity contribution in [2.75, 3.05) is 5.32 Å². The zero-order chi connectivity index (χ0) is 12.4. The Kier molecular flexibility index (Phi) is 3.13. The first-order valence-electron chi connectivity index (χ1n) is 5.49. The summed E-state index contributed by atoms with van der Waals surface area (Å²) in [6.45, 7) is 0.748. The van der Waals surface area contributed by atoms with Crippen LogP contribution in [0.15, 0.2) is 42.2 Å². The highest BCUT2D eigenvalue weighted by Crippen LogP contribution is 2.28. The molecule has 90 valence electrons. The molecular weight excluding hydrogens is 266 g/mol. The third-order valence-electron chi connectivity index (χ3n) is 2.65. The number of halogens is 1. The summed E-state index contributed by atoms with van der Waals surface area (Å²) in [6, 6.07) is 7.71. The number of rotatable bonds is 3. The molecule has 0 aliphatic rings. The highest BCUT2D eigenvalue weighted by Gasteiger charge is 2.05. The molecule has 0 aliphatic carbocycles. The fourth-order valence-corrected chi connectivity index (χ4v) is 2.54. The van der Waals surface area contributed by atoms with Crippen LogP contribution in [0.25, 0.3) is 10.9 Å². The molecule has 0 radical (unpaired) electrons. The number of aromatic nitrogens is 2. The molecule has 2 heterocycles. The number of hydrogen-bond donors (Lipinski definition) is 1. The Hall–Kier alpha value is -1.65. The summed E-state index contributed by atoms with van der Waals surface area (Å²) in [6.07, 6.45) is 3.64. The van der Waals surface area contributed by atoms with E-state index in [0.717, 1.165) is 28.2 Å². The molecule has 0 spiro atoms. The quantitative estimate of drug-likeness (QED) is 0.786. The third-order valence-corrected chi connectivity index (χ3v) is 3.76. The minimum atomic E-state index is 0.724. The van der Waals surface area contributed by atoms with Gasteiger partial charge in [0.05, 0.1) is 28.3 Å². The fraction of sp³-hybridized carbons (Fsp3) is 0.0769. The number of pyridine rings is 1. The minimum absolute atomic E-state index is 0.724. The molecule has 1 aromatic carbocycles. The first kappa shape index (κ1) is 11.4. The number of benzene rings is 1. The van der Waals surface area contributed by atoms with Crippen molar-refractivity contribution in [1.29, 1.82) is 0 Å². The van der Waals surface area contributed by atoms with Crippen LogP contribution in [0.5, 0.6) is 0 Å². The largest absolute Gasteiger partial charge is 0.378 e. The fourth-order valence-electron chi connectivity index (χ4n) is 1.79. The van der Waals surface area contributed by atoms with Crippen LogP contribution < -0.4 is 5.32 Å². The van der Waals surface area contributed by atoms with Gasteiger partial charge in [-0.3, -0.25) is 9.97 Å². The molecule has 0 amide bonds. The van der Waals surface area contributed by atoms with Crippen molar-refractivity contribution < 1.29 is 0 Å². The predicted octanol–water partition coefficient (Wildman–Crippen LogP) is 3.96. The Bertz CT molecular complexity index is 667. The Labute approximate surface area is 113 Å². The SMILES string of the molecule is Clc1ccc(NCc2cncs2)c2ncccc12. The molecule has 3 aromatic rings. The average Bonchev–Trinajstić information content (AvgIpc) is 2.92. The maximum absolute atomic E-state index is 6.15. The summed E-state index contributed by atoms with van der Waals surface area (Å²) in [4.78, 5) is 9.62. The van der Waals surface area contributed by atoms with Gasteiger partial charge in [0, 0.05) is 22.7 Å². The van der Waals surface area contributed by atoms with Gasteiger partial charge in [0.2, 0.25) is 0 Å². The monoisotopic (exact) mass is 275 g/mol. The van der Waals surface area contributed by atoms with E-state index in [1.807, 2.05) is 36.0 Å². The molecule has 1 N–H and O–H groups in total. The standard InChI is InChI=1S/C13H10ClN3S/c14-11-3-4-12(13-10(11)2-1-5-16-13)17-7-9-6-15-8-18-9/h1-6,8,17H,7H2. The molecule has 0 unspecified atom stereocenters. The second kappa shape index (κ2) is 4.92. The van der Waals surface area contributed by atoms with Crippen LogP contribution in [0.4, 0.5) is 5.69 Å². The summed E-state index contributed by atoms with van der Waals surface area (Å²) in [5.41, 5.74) is 3.72. The third kappa shape index (κ3) is 2.17. The van der Waals surface area contributed by atoms with Gasteiger partial charge in [-0.2, -0.15) is 0 Å². The van der Waals surface area contributed by atoms with E-state index in [-0.39, 0.29) is 0 Å². The van der Waals surface area contributed by atoms with E-state index in [2.05, 4.69) is 15.3 Å². The van der Waals surface area contributed by atoms with Crippen molar-refractivity contribution >= 4 is 39.5 Å². The second-order valence-corrected chi connectivity index (χ2v) is 5.19. The van der Waals surface area contributed by atoms with Gasteiger partial charge >= 0.3 is 0 Å². The molecule has 2 aromatic heterocycles. The van der Waals surface area contributed by atoms with Crippen molar-refractivity contribution in [2.45, 2.75) is 6.54 Å². The second-order valence-electron chi connectivity index (χ2n) is 3.82. The van der Waals surface area contributed by atoms with E-state index in [1.165, 1.54) is 4.88 Å². The summed E-state index contributed by atoms with van der Waals surface area (Å²) in [5.74, 6) is 0. The number of hydrogen-bond acceptors (Lipinski definition) is 4. The highest BCUT2D eigenvalue weighted by molar-refractivity contribution is 7.09. The Morgan fingerprint density at radius 3 is 3.06 bits per heavy atom. The van der Waals surface area contributed by atoms with Gasteiger partial charge in [0.15, 0.2) is 0 Å². The first-order valence-corrected chi connectivity index (χ1v) is 6.75. The number of nitrogens with zero attached hydrogens (tertiary/aromatic N) is 2. The number of thiazole rings is 1. The van der Waals surface area contributed by atoms with Crippen molar-refractivity contribution in [3.63, 3.8) is 0 Å². The van der Waals surface area contributed by atoms with Gasteiger partial charge < -0.3 is 5.32 Å². The van der Waals surface area contributed by atoms with Crippen molar-refractivity contribution in [2.24, 2.45) is 0 Å². The van der Waals surface area contributed by atoms with Crippen LogP contribution in [0.3, 0.4) is 0 Å². The molecular formula is C13H10ClN3S. The van der Waals surface area contributed by atoms with Gasteiger partial charge in [-0.25, -0.2) is 0 Å². The van der Waals surface area contributed by atoms with Crippen LogP contribution in [-0.2, 0) is 6.54 Å². The van der Waals surface area contributed by atoms with Gasteiger partial charge in [-0.05, 0) is 24.3 Å². The summed E-state index contributed by atoms with van der Waals surface area (Å²) >= 11 is 7.78. The van der Waals surface area contributed by atoms with E-state index < -0.39 is 0 Å². The van der Waals surface area contributed by atoms with Crippen LogP contribution in [0.1, 0.15) is 4.88 Å². The van der Waals surface area contributed by atoms with E-state index >= 15 is 0 Å². The maximum atomic E-state index is 6.15. The number of fused-ring (bicyclic) bond motifs is 1. The van der Waals surface area contributed by atoms with Crippen LogP contribution in [0, 0.1) is 0 Å². The Morgan fingerprint density at radius 1 is 1.28 bits per heavy atom. The van der Waals surface area contributed by atoms with Gasteiger partial charge in [-0.15, -0.1) is 11.3 Å². The van der Waals surface area contributed by atoms with Crippen molar-refractivity contribution in [1.82, 2.24) is 9.97 Å². The van der Waals surface area contributed by atoms with Crippen molar-refractivity contribution in [3.05, 3.63) is 52.1 Å². The molecule has 3 rings (SSSR count). The lowest BCUT2D eigenvalue weighted by molar-refractivity contribution is 1.18. The maximum Gasteiger partial charge on any atom is 0.0948 e. The van der Waals surface area contributed by atoms with Gasteiger partial charge in [-0.1, -0.05) is 11.6 Å². The van der Waals surface area contributed by atoms with Crippen molar-refractivity contribution in [3.8, 4) is 0 Å². The van der Waals surface area contributed by atoms with Crippen LogP contribution >= 0.6 is 22.9 Å². The smallest absolute Gasteiger partial charge is 0.0948 e. The first-order chi connectivity index (χ1) is 8.84. The number of nitrogens with one attached hydrogen (secondary N) is 1. The van der Waals surface area contributed by atoms with Crippen LogP contribution in [0.2, 0.25) is 5.02 Å². The molecule has 0 atom stereocenters. The van der Waals surface area contributed by atoms with Gasteiger partial charge in [0.1, 0.15) is 0 Å². The minimum Gasteiger partial charge on any atom is -0.378 e. The lowest BCUT2D eigenvalue weighted by Crippen LogP contribution is -1.99. The Balaban J connectivity index is 1.94. The molecule has 0 bridgehead atoms. The summed E-state index contributed by atoms with van der Waals surface area (Å²) < 4.78 is 0. The molecule has 0 fully saturated rings. The summed E-state index contributed by atoms with van der Waals surface area (Å²) in [7, 11) is 0. The number of anilines is 1. The topological polar surface area (TPSA) is 37.8 Å². The molecule has 0 saturated carbocycles. The normalized spacial score (nSPS) is 10.7.